The van der Waals surface area contributed by atoms with Gasteiger partial charge in [-0.1, -0.05) is 0 Å². The molecular weight excluding hydrogens is 266 g/mol. The maximum absolute atomic E-state index is 11.4. The van der Waals surface area contributed by atoms with E-state index in [0.717, 1.165) is 0 Å². The van der Waals surface area contributed by atoms with E-state index in [0.29, 0.717) is 12.2 Å². The Bertz CT molecular complexity index is 530. The molecule has 0 atom stereocenters. The Morgan fingerprint density at radius 2 is 2.10 bits per heavy atom. The molecule has 1 rings (SSSR count). The Labute approximate surface area is 115 Å². The van der Waals surface area contributed by atoms with Crippen LogP contribution >= 0.6 is 0 Å². The van der Waals surface area contributed by atoms with Gasteiger partial charge in [-0.05, 0) is 19.1 Å². The van der Waals surface area contributed by atoms with Crippen molar-refractivity contribution in [2.45, 2.75) is 13.8 Å². The molecule has 1 amide bonds. The smallest absolute Gasteiger partial charge is 0.303 e. The average molecular weight is 281 g/mol. The van der Waals surface area contributed by atoms with Gasteiger partial charge in [0.1, 0.15) is 5.69 Å². The van der Waals surface area contributed by atoms with Gasteiger partial charge in [0.2, 0.25) is 0 Å². The van der Waals surface area contributed by atoms with Crippen LogP contribution in [0.3, 0.4) is 0 Å². The quantitative estimate of drug-likeness (QED) is 0.464. The average Bonchev–Trinajstić information content (AvgIpc) is 2.38. The number of nitro groups is 1. The van der Waals surface area contributed by atoms with E-state index in [-0.39, 0.29) is 11.4 Å². The lowest BCUT2D eigenvalue weighted by Gasteiger charge is -2.08. The highest BCUT2D eigenvalue weighted by atomic mass is 16.6. The van der Waals surface area contributed by atoms with E-state index in [9.17, 15) is 19.7 Å². The van der Waals surface area contributed by atoms with Crippen molar-refractivity contribution in [3.05, 3.63) is 28.3 Å². The minimum atomic E-state index is -0.575. The van der Waals surface area contributed by atoms with Gasteiger partial charge in [0.15, 0.2) is 6.61 Å². The predicted molar refractivity (Wildman–Crippen MR) is 72.5 cm³/mol. The van der Waals surface area contributed by atoms with Crippen LogP contribution in [0, 0.1) is 10.1 Å². The monoisotopic (exact) mass is 281 g/mol. The number of amides is 1. The second-order valence-electron chi connectivity index (χ2n) is 3.85. The van der Waals surface area contributed by atoms with Gasteiger partial charge in [0, 0.05) is 25.2 Å². The number of nitrogens with zero attached hydrogens (tertiary/aromatic N) is 1. The van der Waals surface area contributed by atoms with Crippen molar-refractivity contribution in [3.63, 3.8) is 0 Å². The summed E-state index contributed by atoms with van der Waals surface area (Å²) >= 11 is 0. The van der Waals surface area contributed by atoms with Crippen LogP contribution < -0.4 is 10.6 Å². The molecule has 1 aromatic rings. The largest absolute Gasteiger partial charge is 0.456 e. The Morgan fingerprint density at radius 3 is 2.65 bits per heavy atom. The lowest BCUT2D eigenvalue weighted by atomic mass is 10.2. The molecule has 0 fully saturated rings. The van der Waals surface area contributed by atoms with E-state index in [2.05, 4.69) is 15.4 Å². The molecule has 0 aliphatic heterocycles. The van der Waals surface area contributed by atoms with Crippen molar-refractivity contribution in [3.8, 4) is 0 Å². The van der Waals surface area contributed by atoms with E-state index in [4.69, 9.17) is 0 Å². The third-order valence-corrected chi connectivity index (χ3v) is 2.25. The van der Waals surface area contributed by atoms with Crippen LogP contribution in [-0.4, -0.2) is 30.0 Å². The lowest BCUT2D eigenvalue weighted by molar-refractivity contribution is -0.383. The molecule has 2 N–H and O–H groups in total. The zero-order valence-electron chi connectivity index (χ0n) is 11.1. The van der Waals surface area contributed by atoms with Gasteiger partial charge < -0.3 is 15.4 Å². The maximum atomic E-state index is 11.4. The third-order valence-electron chi connectivity index (χ3n) is 2.25. The summed E-state index contributed by atoms with van der Waals surface area (Å²) in [5.41, 5.74) is 0.489. The van der Waals surface area contributed by atoms with Gasteiger partial charge in [-0.25, -0.2) is 0 Å². The van der Waals surface area contributed by atoms with Crippen molar-refractivity contribution >= 4 is 28.9 Å². The SMILES string of the molecule is CCNc1ccc(NC(=O)COC(C)=O)cc1[N+](=O)[O-]. The topological polar surface area (TPSA) is 111 Å². The molecule has 108 valence electrons. The molecule has 0 unspecified atom stereocenters. The van der Waals surface area contributed by atoms with Gasteiger partial charge in [-0.15, -0.1) is 0 Å². The van der Waals surface area contributed by atoms with E-state index in [1.54, 1.807) is 0 Å². The molecule has 0 aromatic heterocycles. The van der Waals surface area contributed by atoms with Crippen molar-refractivity contribution in [2.24, 2.45) is 0 Å². The number of hydrogen-bond acceptors (Lipinski definition) is 6. The molecular formula is C12H15N3O5. The molecule has 0 saturated heterocycles. The summed E-state index contributed by atoms with van der Waals surface area (Å²) in [5, 5.41) is 16.2. The first-order valence-corrected chi connectivity index (χ1v) is 5.89. The number of benzene rings is 1. The number of rotatable bonds is 6. The molecule has 0 bridgehead atoms. The Kier molecular flexibility index (Phi) is 5.45. The molecule has 0 saturated carbocycles. The predicted octanol–water partition coefficient (Wildman–Crippen LogP) is 1.53. The first kappa shape index (κ1) is 15.4. The normalized spacial score (nSPS) is 9.70. The second-order valence-corrected chi connectivity index (χ2v) is 3.85. The molecule has 8 nitrogen and oxygen atoms in total. The van der Waals surface area contributed by atoms with Crippen molar-refractivity contribution in [1.29, 1.82) is 0 Å². The van der Waals surface area contributed by atoms with Crippen LogP contribution in [0.4, 0.5) is 17.1 Å². The fourth-order valence-corrected chi connectivity index (χ4v) is 1.46. The highest BCUT2D eigenvalue weighted by Gasteiger charge is 2.15. The van der Waals surface area contributed by atoms with Gasteiger partial charge in [0.25, 0.3) is 11.6 Å². The molecule has 0 spiro atoms. The number of nitrogens with one attached hydrogen (secondary N) is 2. The first-order chi connectivity index (χ1) is 9.43. The van der Waals surface area contributed by atoms with Crippen LogP contribution in [0.15, 0.2) is 18.2 Å². The van der Waals surface area contributed by atoms with Gasteiger partial charge in [-0.3, -0.25) is 19.7 Å². The Morgan fingerprint density at radius 1 is 1.40 bits per heavy atom. The number of carbonyl (C=O) groups is 2. The van der Waals surface area contributed by atoms with E-state index in [1.165, 1.54) is 25.1 Å². The molecule has 0 aliphatic carbocycles. The van der Waals surface area contributed by atoms with Crippen LogP contribution in [0.1, 0.15) is 13.8 Å². The number of carbonyl (C=O) groups excluding carboxylic acids is 2. The molecule has 0 aliphatic rings. The highest BCUT2D eigenvalue weighted by molar-refractivity contribution is 5.93. The van der Waals surface area contributed by atoms with Crippen LogP contribution in [0.5, 0.6) is 0 Å². The summed E-state index contributed by atoms with van der Waals surface area (Å²) in [6, 6.07) is 4.27. The summed E-state index contributed by atoms with van der Waals surface area (Å²) in [7, 11) is 0. The number of anilines is 2. The van der Waals surface area contributed by atoms with Crippen LogP contribution in [0.25, 0.3) is 0 Å². The number of ether oxygens (including phenoxy) is 1. The van der Waals surface area contributed by atoms with Crippen molar-refractivity contribution < 1.29 is 19.2 Å². The fourth-order valence-electron chi connectivity index (χ4n) is 1.46. The molecule has 20 heavy (non-hydrogen) atoms. The van der Waals surface area contributed by atoms with Crippen LogP contribution in [-0.2, 0) is 14.3 Å². The highest BCUT2D eigenvalue weighted by Crippen LogP contribution is 2.27. The molecule has 0 radical (unpaired) electrons. The minimum Gasteiger partial charge on any atom is -0.456 e. The zero-order valence-corrected chi connectivity index (χ0v) is 11.1. The van der Waals surface area contributed by atoms with Crippen molar-refractivity contribution in [2.75, 3.05) is 23.8 Å². The standard InChI is InChI=1S/C12H15N3O5/c1-3-13-10-5-4-9(6-11(10)15(18)19)14-12(17)7-20-8(2)16/h4-6,13H,3,7H2,1-2H3,(H,14,17). The van der Waals surface area contributed by atoms with E-state index in [1.807, 2.05) is 6.92 Å². The third kappa shape index (κ3) is 4.56. The van der Waals surface area contributed by atoms with Gasteiger partial charge >= 0.3 is 5.97 Å². The van der Waals surface area contributed by atoms with Crippen molar-refractivity contribution in [1.82, 2.24) is 0 Å². The maximum Gasteiger partial charge on any atom is 0.303 e. The minimum absolute atomic E-state index is 0.142. The number of hydrogen-bond donors (Lipinski definition) is 2. The van der Waals surface area contributed by atoms with Crippen LogP contribution in [0.2, 0.25) is 0 Å². The first-order valence-electron chi connectivity index (χ1n) is 5.89. The Balaban J connectivity index is 2.81. The molecule has 0 heterocycles. The zero-order chi connectivity index (χ0) is 15.1. The summed E-state index contributed by atoms with van der Waals surface area (Å²) in [4.78, 5) is 32.4. The lowest BCUT2D eigenvalue weighted by Crippen LogP contribution is -2.19. The fraction of sp³-hybridized carbons (Fsp3) is 0.333. The van der Waals surface area contributed by atoms with Gasteiger partial charge in [0.05, 0.1) is 4.92 Å². The second kappa shape index (κ2) is 7.07. The Hall–Kier alpha value is -2.64. The molecule has 8 heteroatoms. The summed E-state index contributed by atoms with van der Waals surface area (Å²) in [6.07, 6.45) is 0. The van der Waals surface area contributed by atoms with E-state index >= 15 is 0 Å². The van der Waals surface area contributed by atoms with Gasteiger partial charge in [-0.2, -0.15) is 0 Å². The number of nitro benzene ring substituents is 1. The van der Waals surface area contributed by atoms with E-state index < -0.39 is 23.4 Å². The summed E-state index contributed by atoms with van der Waals surface area (Å²) in [5.74, 6) is -1.14. The molecule has 1 aromatic carbocycles. The number of esters is 1. The summed E-state index contributed by atoms with van der Waals surface area (Å²) < 4.78 is 4.52. The summed E-state index contributed by atoms with van der Waals surface area (Å²) in [6.45, 7) is 3.11.